The van der Waals surface area contributed by atoms with Crippen LogP contribution in [0.25, 0.3) is 0 Å². The fourth-order valence-corrected chi connectivity index (χ4v) is 4.93. The molecule has 3 rings (SSSR count). The van der Waals surface area contributed by atoms with Crippen LogP contribution in [0.2, 0.25) is 5.02 Å². The van der Waals surface area contributed by atoms with Crippen molar-refractivity contribution in [1.29, 1.82) is 0 Å². The minimum atomic E-state index is -3.90. The van der Waals surface area contributed by atoms with Gasteiger partial charge < -0.3 is 21.3 Å². The summed E-state index contributed by atoms with van der Waals surface area (Å²) in [6, 6.07) is 15.9. The number of sulfone groups is 1. The third-order valence-electron chi connectivity index (χ3n) is 5.25. The van der Waals surface area contributed by atoms with Gasteiger partial charge in [-0.1, -0.05) is 35.9 Å². The number of halogens is 1. The van der Waals surface area contributed by atoms with Crippen molar-refractivity contribution in [1.82, 2.24) is 5.32 Å². The van der Waals surface area contributed by atoms with Gasteiger partial charge in [0.2, 0.25) is 9.84 Å². The van der Waals surface area contributed by atoms with Crippen molar-refractivity contribution in [3.05, 3.63) is 87.9 Å². The minimum absolute atomic E-state index is 0.0658. The van der Waals surface area contributed by atoms with Crippen molar-refractivity contribution in [2.24, 2.45) is 5.73 Å². The van der Waals surface area contributed by atoms with Gasteiger partial charge in [-0.05, 0) is 73.0 Å². The van der Waals surface area contributed by atoms with Crippen LogP contribution in [0.3, 0.4) is 0 Å². The lowest BCUT2D eigenvalue weighted by atomic mass is 10.1. The molecule has 1 atom stereocenters. The highest BCUT2D eigenvalue weighted by Crippen LogP contribution is 2.29. The number of primary amides is 1. The Hall–Kier alpha value is -2.91. The lowest BCUT2D eigenvalue weighted by Crippen LogP contribution is -2.23. The average Bonchev–Trinajstić information content (AvgIpc) is 2.78. The van der Waals surface area contributed by atoms with Crippen molar-refractivity contribution in [3.8, 4) is 5.75 Å². The van der Waals surface area contributed by atoms with Crippen LogP contribution in [0.1, 0.15) is 33.2 Å². The number of aliphatic hydroxyl groups excluding tert-OH is 1. The molecular weight excluding hydrogens is 464 g/mol. The van der Waals surface area contributed by atoms with Crippen molar-refractivity contribution in [2.75, 3.05) is 13.1 Å². The number of amides is 1. The number of rotatable bonds is 9. The summed E-state index contributed by atoms with van der Waals surface area (Å²) in [5.41, 5.74) is 6.90. The van der Waals surface area contributed by atoms with E-state index in [4.69, 9.17) is 17.3 Å². The molecule has 0 aliphatic heterocycles. The Morgan fingerprint density at radius 2 is 1.79 bits per heavy atom. The Morgan fingerprint density at radius 1 is 1.09 bits per heavy atom. The molecule has 0 fully saturated rings. The summed E-state index contributed by atoms with van der Waals surface area (Å²) in [6.07, 6.45) is -0.0532. The first kappa shape index (κ1) is 24.7. The topological polar surface area (TPSA) is 130 Å². The first-order chi connectivity index (χ1) is 15.6. The van der Waals surface area contributed by atoms with E-state index in [9.17, 15) is 23.4 Å². The van der Waals surface area contributed by atoms with Crippen LogP contribution in [0.15, 0.2) is 70.5 Å². The predicted octanol–water partition coefficient (Wildman–Crippen LogP) is 3.15. The Bertz CT molecular complexity index is 1260. The standard InChI is InChI=1S/C24H25ClN2O5S/c1-15-11-20(13-21(23(15)29)24(26)30)33(31,32)19-7-5-16(6-8-19)9-10-27-14-22(28)17-3-2-4-18(25)12-17/h2-8,11-13,22,27-29H,9-10,14H2,1H3,(H2,26,30)/t22-/m0/s1. The maximum absolute atomic E-state index is 13.0. The van der Waals surface area contributed by atoms with E-state index in [1.807, 2.05) is 0 Å². The summed E-state index contributed by atoms with van der Waals surface area (Å²) in [5, 5.41) is 23.9. The summed E-state index contributed by atoms with van der Waals surface area (Å²) < 4.78 is 26.0. The zero-order valence-electron chi connectivity index (χ0n) is 18.0. The van der Waals surface area contributed by atoms with Crippen molar-refractivity contribution in [3.63, 3.8) is 0 Å². The molecular formula is C24H25ClN2O5S. The molecule has 7 nitrogen and oxygen atoms in total. The van der Waals surface area contributed by atoms with Gasteiger partial charge in [-0.15, -0.1) is 0 Å². The number of hydrogen-bond donors (Lipinski definition) is 4. The number of phenols is 1. The first-order valence-corrected chi connectivity index (χ1v) is 12.1. The van der Waals surface area contributed by atoms with E-state index in [2.05, 4.69) is 5.32 Å². The van der Waals surface area contributed by atoms with E-state index in [0.717, 1.165) is 17.2 Å². The van der Waals surface area contributed by atoms with Crippen LogP contribution in [-0.4, -0.2) is 37.6 Å². The molecule has 9 heteroatoms. The van der Waals surface area contributed by atoms with Gasteiger partial charge in [0.15, 0.2) is 0 Å². The molecule has 3 aromatic carbocycles. The summed E-state index contributed by atoms with van der Waals surface area (Å²) in [5.74, 6) is -1.24. The van der Waals surface area contributed by atoms with Crippen molar-refractivity contribution >= 4 is 27.3 Å². The van der Waals surface area contributed by atoms with Crippen LogP contribution < -0.4 is 11.1 Å². The zero-order valence-corrected chi connectivity index (χ0v) is 19.5. The van der Waals surface area contributed by atoms with Crippen LogP contribution in [0.5, 0.6) is 5.75 Å². The maximum Gasteiger partial charge on any atom is 0.252 e. The lowest BCUT2D eigenvalue weighted by Gasteiger charge is -2.13. The fourth-order valence-electron chi connectivity index (χ4n) is 3.36. The third kappa shape index (κ3) is 5.91. The molecule has 1 amide bonds. The van der Waals surface area contributed by atoms with E-state index >= 15 is 0 Å². The second-order valence-electron chi connectivity index (χ2n) is 7.67. The fraction of sp³-hybridized carbons (Fsp3) is 0.208. The minimum Gasteiger partial charge on any atom is -0.507 e. The molecule has 0 aromatic heterocycles. The molecule has 0 saturated carbocycles. The van der Waals surface area contributed by atoms with Gasteiger partial charge in [-0.2, -0.15) is 0 Å². The summed E-state index contributed by atoms with van der Waals surface area (Å²) in [4.78, 5) is 11.5. The lowest BCUT2D eigenvalue weighted by molar-refractivity contribution is 0.0997. The molecule has 0 saturated heterocycles. The van der Waals surface area contributed by atoms with Gasteiger partial charge in [-0.3, -0.25) is 4.79 Å². The molecule has 0 heterocycles. The van der Waals surface area contributed by atoms with E-state index in [0.29, 0.717) is 24.5 Å². The van der Waals surface area contributed by atoms with E-state index < -0.39 is 21.8 Å². The van der Waals surface area contributed by atoms with Crippen molar-refractivity contribution in [2.45, 2.75) is 29.2 Å². The number of carbonyl (C=O) groups is 1. The molecule has 0 bridgehead atoms. The molecule has 0 unspecified atom stereocenters. The van der Waals surface area contributed by atoms with Crippen LogP contribution in [0.4, 0.5) is 0 Å². The van der Waals surface area contributed by atoms with Crippen LogP contribution in [-0.2, 0) is 16.3 Å². The van der Waals surface area contributed by atoms with Gasteiger partial charge in [0.1, 0.15) is 5.75 Å². The molecule has 5 N–H and O–H groups in total. The molecule has 3 aromatic rings. The molecule has 0 aliphatic carbocycles. The SMILES string of the molecule is Cc1cc(S(=O)(=O)c2ccc(CCNC[C@H](O)c3cccc(Cl)c3)cc2)cc(C(N)=O)c1O. The van der Waals surface area contributed by atoms with Gasteiger partial charge in [0.05, 0.1) is 21.5 Å². The molecule has 0 aliphatic rings. The maximum atomic E-state index is 13.0. The van der Waals surface area contributed by atoms with Gasteiger partial charge in [0, 0.05) is 11.6 Å². The first-order valence-electron chi connectivity index (χ1n) is 10.2. The summed E-state index contributed by atoms with van der Waals surface area (Å²) in [7, 11) is -3.90. The van der Waals surface area contributed by atoms with E-state index in [1.165, 1.54) is 25.1 Å². The highest BCUT2D eigenvalue weighted by atomic mass is 35.5. The molecule has 0 radical (unpaired) electrons. The quantitative estimate of drug-likeness (QED) is 0.342. The molecule has 174 valence electrons. The Morgan fingerprint density at radius 3 is 2.42 bits per heavy atom. The van der Waals surface area contributed by atoms with Gasteiger partial charge in [0.25, 0.3) is 5.91 Å². The molecule has 0 spiro atoms. The van der Waals surface area contributed by atoms with Gasteiger partial charge >= 0.3 is 0 Å². The van der Waals surface area contributed by atoms with E-state index in [1.54, 1.807) is 36.4 Å². The monoisotopic (exact) mass is 488 g/mol. The number of hydrogen-bond acceptors (Lipinski definition) is 6. The Balaban J connectivity index is 1.63. The number of aliphatic hydroxyl groups is 1. The number of benzene rings is 3. The average molecular weight is 489 g/mol. The third-order valence-corrected chi connectivity index (χ3v) is 7.23. The number of aromatic hydroxyl groups is 1. The molecule has 33 heavy (non-hydrogen) atoms. The number of carbonyl (C=O) groups excluding carboxylic acids is 1. The smallest absolute Gasteiger partial charge is 0.252 e. The highest BCUT2D eigenvalue weighted by molar-refractivity contribution is 7.91. The predicted molar refractivity (Wildman–Crippen MR) is 126 cm³/mol. The van der Waals surface area contributed by atoms with Gasteiger partial charge in [-0.25, -0.2) is 8.42 Å². The van der Waals surface area contributed by atoms with Crippen molar-refractivity contribution < 1.29 is 23.4 Å². The number of nitrogens with two attached hydrogens (primary N) is 1. The highest BCUT2D eigenvalue weighted by Gasteiger charge is 2.22. The largest absolute Gasteiger partial charge is 0.507 e. The summed E-state index contributed by atoms with van der Waals surface area (Å²) in [6.45, 7) is 2.44. The number of nitrogens with one attached hydrogen (secondary N) is 1. The van der Waals surface area contributed by atoms with E-state index in [-0.39, 0.29) is 26.7 Å². The second kappa shape index (κ2) is 10.4. The summed E-state index contributed by atoms with van der Waals surface area (Å²) >= 11 is 5.94. The second-order valence-corrected chi connectivity index (χ2v) is 10.1. The van der Waals surface area contributed by atoms with Crippen LogP contribution in [0, 0.1) is 6.92 Å². The van der Waals surface area contributed by atoms with Crippen LogP contribution >= 0.6 is 11.6 Å². The zero-order chi connectivity index (χ0) is 24.2. The Labute approximate surface area is 197 Å². The normalized spacial score (nSPS) is 12.5. The number of aryl methyl sites for hydroxylation is 1. The Kier molecular flexibility index (Phi) is 7.76.